The van der Waals surface area contributed by atoms with Crippen molar-refractivity contribution in [2.45, 2.75) is 45.1 Å². The Balaban J connectivity index is 1.53. The van der Waals surface area contributed by atoms with E-state index < -0.39 is 12.1 Å². The topological polar surface area (TPSA) is 83.0 Å². The van der Waals surface area contributed by atoms with Crippen molar-refractivity contribution in [3.05, 3.63) is 40.0 Å². The molecule has 1 unspecified atom stereocenters. The smallest absolute Gasteiger partial charge is 0.410 e. The summed E-state index contributed by atoms with van der Waals surface area (Å²) in [5.41, 5.74) is 3.44. The summed E-state index contributed by atoms with van der Waals surface area (Å²) in [7, 11) is 0. The number of aryl methyl sites for hydroxylation is 1. The van der Waals surface area contributed by atoms with Gasteiger partial charge in [-0.3, -0.25) is 14.7 Å². The maximum Gasteiger partial charge on any atom is 0.410 e. The highest BCUT2D eigenvalue weighted by molar-refractivity contribution is 6.36. The number of fused-ring (bicyclic) bond motifs is 2. The molecule has 2 heterocycles. The van der Waals surface area contributed by atoms with Crippen LogP contribution in [-0.2, 0) is 17.6 Å². The van der Waals surface area contributed by atoms with Crippen LogP contribution in [-0.4, -0.2) is 70.8 Å². The standard InChI is InChI=1S/C23H28ClN3O4/c1-2-11-31-23(30)27-10-9-26(13-16(27)14-28)22(29)15-7-8-18-20(12-15)25-19-6-4-3-5-17(19)21(18)24/h7-8,12,16,28H,2-6,9-11,13-14H2,1H3. The average Bonchev–Trinajstić information content (AvgIpc) is 2.81. The maximum atomic E-state index is 13.2. The zero-order chi connectivity index (χ0) is 22.0. The molecule has 1 atom stereocenters. The van der Waals surface area contributed by atoms with Crippen molar-refractivity contribution >= 4 is 34.5 Å². The molecule has 2 amide bonds. The van der Waals surface area contributed by atoms with Crippen molar-refractivity contribution in [2.24, 2.45) is 0 Å². The molecule has 1 aliphatic heterocycles. The minimum atomic E-state index is -0.484. The number of nitrogens with zero attached hydrogens (tertiary/aromatic N) is 3. The molecule has 8 heteroatoms. The van der Waals surface area contributed by atoms with E-state index in [9.17, 15) is 14.7 Å². The van der Waals surface area contributed by atoms with Crippen LogP contribution >= 0.6 is 11.6 Å². The number of carbonyl (C=O) groups excluding carboxylic acids is 2. The van der Waals surface area contributed by atoms with Gasteiger partial charge in [0.25, 0.3) is 5.91 Å². The van der Waals surface area contributed by atoms with E-state index in [1.54, 1.807) is 17.0 Å². The first-order chi connectivity index (χ1) is 15.0. The van der Waals surface area contributed by atoms with Gasteiger partial charge < -0.3 is 14.7 Å². The molecule has 1 aromatic heterocycles. The van der Waals surface area contributed by atoms with Gasteiger partial charge in [0.15, 0.2) is 0 Å². The average molecular weight is 446 g/mol. The van der Waals surface area contributed by atoms with Crippen LogP contribution in [0.1, 0.15) is 47.8 Å². The number of aromatic nitrogens is 1. The Morgan fingerprint density at radius 1 is 1.26 bits per heavy atom. The Morgan fingerprint density at radius 2 is 2.06 bits per heavy atom. The number of hydrogen-bond acceptors (Lipinski definition) is 5. The number of halogens is 1. The normalized spacial score (nSPS) is 18.7. The van der Waals surface area contributed by atoms with Crippen molar-refractivity contribution < 1.29 is 19.4 Å². The Hall–Kier alpha value is -2.38. The summed E-state index contributed by atoms with van der Waals surface area (Å²) in [6, 6.07) is 4.97. The van der Waals surface area contributed by atoms with Crippen molar-refractivity contribution in [1.82, 2.24) is 14.8 Å². The molecule has 1 saturated heterocycles. The van der Waals surface area contributed by atoms with Crippen molar-refractivity contribution in [3.8, 4) is 0 Å². The van der Waals surface area contributed by atoms with Crippen LogP contribution < -0.4 is 0 Å². The van der Waals surface area contributed by atoms with Gasteiger partial charge in [0.1, 0.15) is 0 Å². The van der Waals surface area contributed by atoms with Crippen molar-refractivity contribution in [1.29, 1.82) is 0 Å². The fourth-order valence-electron chi connectivity index (χ4n) is 4.39. The summed E-state index contributed by atoms with van der Waals surface area (Å²) < 4.78 is 5.20. The van der Waals surface area contributed by atoms with E-state index in [4.69, 9.17) is 21.3 Å². The zero-order valence-corrected chi connectivity index (χ0v) is 18.5. The quantitative estimate of drug-likeness (QED) is 0.779. The van der Waals surface area contributed by atoms with Gasteiger partial charge in [-0.15, -0.1) is 0 Å². The summed E-state index contributed by atoms with van der Waals surface area (Å²) in [5.74, 6) is -0.141. The molecule has 0 spiro atoms. The Morgan fingerprint density at radius 3 is 2.84 bits per heavy atom. The molecule has 1 aromatic carbocycles. The Kier molecular flexibility index (Phi) is 6.62. The molecule has 1 N–H and O–H groups in total. The van der Waals surface area contributed by atoms with Crippen LogP contribution in [0.15, 0.2) is 18.2 Å². The number of benzene rings is 1. The molecule has 166 valence electrons. The minimum absolute atomic E-state index is 0.141. The van der Waals surface area contributed by atoms with E-state index in [0.29, 0.717) is 25.3 Å². The van der Waals surface area contributed by atoms with Gasteiger partial charge in [0.2, 0.25) is 0 Å². The number of ether oxygens (including phenoxy) is 1. The zero-order valence-electron chi connectivity index (χ0n) is 17.8. The summed E-state index contributed by atoms with van der Waals surface area (Å²) in [6.07, 6.45) is 4.39. The van der Waals surface area contributed by atoms with Crippen LogP contribution in [0.3, 0.4) is 0 Å². The second-order valence-corrected chi connectivity index (χ2v) is 8.56. The SMILES string of the molecule is CCCOC(=O)N1CCN(C(=O)c2ccc3c(Cl)c4c(nc3c2)CCCC4)CC1CO. The second-order valence-electron chi connectivity index (χ2n) is 8.19. The lowest BCUT2D eigenvalue weighted by atomic mass is 9.94. The first kappa shape index (κ1) is 21.8. The lowest BCUT2D eigenvalue weighted by Crippen LogP contribution is -2.58. The fraction of sp³-hybridized carbons (Fsp3) is 0.522. The summed E-state index contributed by atoms with van der Waals surface area (Å²) in [4.78, 5) is 33.4. The summed E-state index contributed by atoms with van der Waals surface area (Å²) in [5, 5.41) is 11.4. The van der Waals surface area contributed by atoms with Gasteiger partial charge in [0, 0.05) is 36.3 Å². The largest absolute Gasteiger partial charge is 0.449 e. The molecule has 4 rings (SSSR count). The second kappa shape index (κ2) is 9.40. The van der Waals surface area contributed by atoms with E-state index in [1.165, 1.54) is 4.90 Å². The maximum absolute atomic E-state index is 13.2. The van der Waals surface area contributed by atoms with Crippen molar-refractivity contribution in [2.75, 3.05) is 32.8 Å². The van der Waals surface area contributed by atoms with Gasteiger partial charge in [0.05, 0.1) is 29.8 Å². The number of aliphatic hydroxyl groups excluding tert-OH is 1. The van der Waals surface area contributed by atoms with E-state index in [2.05, 4.69) is 0 Å². The first-order valence-corrected chi connectivity index (χ1v) is 11.4. The number of pyridine rings is 1. The predicted molar refractivity (Wildman–Crippen MR) is 119 cm³/mol. The molecule has 1 aliphatic carbocycles. The third-order valence-electron chi connectivity index (χ3n) is 6.09. The van der Waals surface area contributed by atoms with E-state index in [-0.39, 0.29) is 19.1 Å². The Labute approximate surface area is 186 Å². The van der Waals surface area contributed by atoms with Gasteiger partial charge in [-0.25, -0.2) is 4.79 Å². The van der Waals surface area contributed by atoms with Crippen LogP contribution in [0.4, 0.5) is 4.79 Å². The van der Waals surface area contributed by atoms with Crippen molar-refractivity contribution in [3.63, 3.8) is 0 Å². The van der Waals surface area contributed by atoms with Crippen LogP contribution in [0.2, 0.25) is 5.02 Å². The highest BCUT2D eigenvalue weighted by Gasteiger charge is 2.33. The number of rotatable bonds is 4. The van der Waals surface area contributed by atoms with Crippen LogP contribution in [0.5, 0.6) is 0 Å². The fourth-order valence-corrected chi connectivity index (χ4v) is 4.75. The van der Waals surface area contributed by atoms with E-state index in [0.717, 1.165) is 59.3 Å². The van der Waals surface area contributed by atoms with E-state index >= 15 is 0 Å². The number of carbonyl (C=O) groups is 2. The third kappa shape index (κ3) is 4.34. The van der Waals surface area contributed by atoms with Gasteiger partial charge in [-0.2, -0.15) is 0 Å². The summed E-state index contributed by atoms with van der Waals surface area (Å²) >= 11 is 6.65. The highest BCUT2D eigenvalue weighted by atomic mass is 35.5. The molecule has 31 heavy (non-hydrogen) atoms. The Bertz CT molecular complexity index is 996. The molecule has 0 saturated carbocycles. The van der Waals surface area contributed by atoms with Crippen LogP contribution in [0.25, 0.3) is 10.9 Å². The molecule has 0 radical (unpaired) electrons. The molecule has 7 nitrogen and oxygen atoms in total. The number of amides is 2. The van der Waals surface area contributed by atoms with Crippen LogP contribution in [0, 0.1) is 0 Å². The monoisotopic (exact) mass is 445 g/mol. The molecular formula is C23H28ClN3O4. The minimum Gasteiger partial charge on any atom is -0.449 e. The molecule has 2 aromatic rings. The highest BCUT2D eigenvalue weighted by Crippen LogP contribution is 2.33. The lowest BCUT2D eigenvalue weighted by Gasteiger charge is -2.40. The molecular weight excluding hydrogens is 418 g/mol. The molecule has 1 fully saturated rings. The number of piperazine rings is 1. The first-order valence-electron chi connectivity index (χ1n) is 11.0. The number of aliphatic hydroxyl groups is 1. The predicted octanol–water partition coefficient (Wildman–Crippen LogP) is 3.43. The van der Waals surface area contributed by atoms with Gasteiger partial charge >= 0.3 is 6.09 Å². The molecule has 2 aliphatic rings. The van der Waals surface area contributed by atoms with Gasteiger partial charge in [-0.05, 0) is 49.8 Å². The van der Waals surface area contributed by atoms with E-state index in [1.807, 2.05) is 13.0 Å². The number of hydrogen-bond donors (Lipinski definition) is 1. The molecule has 0 bridgehead atoms. The summed E-state index contributed by atoms with van der Waals surface area (Å²) in [6.45, 7) is 3.00. The third-order valence-corrected chi connectivity index (χ3v) is 6.52. The lowest BCUT2D eigenvalue weighted by molar-refractivity contribution is 0.0235. The van der Waals surface area contributed by atoms with Gasteiger partial charge in [-0.1, -0.05) is 24.6 Å².